The monoisotopic (exact) mass is 442 g/mol. The van der Waals surface area contributed by atoms with E-state index in [0.29, 0.717) is 16.6 Å². The second-order valence-electron chi connectivity index (χ2n) is 7.85. The minimum Gasteiger partial charge on any atom is -0.476 e. The van der Waals surface area contributed by atoms with Crippen molar-refractivity contribution < 1.29 is 24.5 Å². The van der Waals surface area contributed by atoms with Crippen LogP contribution in [-0.4, -0.2) is 62.7 Å². The number of cyclic esters (lactones) is 1. The van der Waals surface area contributed by atoms with E-state index in [9.17, 15) is 14.7 Å². The maximum atomic E-state index is 12.2. The molecule has 1 unspecified atom stereocenters. The number of carbonyl (C=O) groups excluding carboxylic acids is 1. The van der Waals surface area contributed by atoms with Crippen LogP contribution in [0.2, 0.25) is 0 Å². The molecule has 0 radical (unpaired) electrons. The van der Waals surface area contributed by atoms with E-state index in [1.807, 2.05) is 26.8 Å². The van der Waals surface area contributed by atoms with Crippen molar-refractivity contribution in [2.75, 3.05) is 12.3 Å². The van der Waals surface area contributed by atoms with Gasteiger partial charge in [-0.2, -0.15) is 0 Å². The molecule has 162 valence electrons. The van der Waals surface area contributed by atoms with E-state index in [2.05, 4.69) is 11.9 Å². The lowest BCUT2D eigenvalue weighted by Crippen LogP contribution is -2.36. The number of aliphatic hydroxyl groups is 1. The first kappa shape index (κ1) is 23.7. The number of hydrogen-bond donors (Lipinski definition) is 2. The molecule has 2 N–H and O–H groups in total. The van der Waals surface area contributed by atoms with Crippen molar-refractivity contribution in [3.63, 3.8) is 0 Å². The highest BCUT2D eigenvalue weighted by molar-refractivity contribution is 8.01. The number of ether oxygens (including phenoxy) is 1. The largest absolute Gasteiger partial charge is 0.476 e. The normalized spacial score (nSPS) is 21.0. The van der Waals surface area contributed by atoms with Gasteiger partial charge in [0.25, 0.3) is 0 Å². The molecule has 29 heavy (non-hydrogen) atoms. The Labute approximate surface area is 180 Å². The molecule has 7 nitrogen and oxygen atoms in total. The van der Waals surface area contributed by atoms with Crippen LogP contribution in [0.4, 0.5) is 4.79 Å². The van der Waals surface area contributed by atoms with Gasteiger partial charge in [-0.25, -0.2) is 14.6 Å². The van der Waals surface area contributed by atoms with Gasteiger partial charge in [0.05, 0.1) is 12.1 Å². The van der Waals surface area contributed by atoms with E-state index in [1.165, 1.54) is 28.5 Å². The summed E-state index contributed by atoms with van der Waals surface area (Å²) in [5.74, 6) is -0.473. The lowest BCUT2D eigenvalue weighted by atomic mass is 9.81. The quantitative estimate of drug-likeness (QED) is 0.390. The molecular formula is C20H30N2O5S2. The highest BCUT2D eigenvalue weighted by atomic mass is 32.2. The number of thiazole rings is 1. The third kappa shape index (κ3) is 6.45. The van der Waals surface area contributed by atoms with Crippen LogP contribution in [0, 0.1) is 5.41 Å². The number of unbranched alkanes of at least 4 members (excludes halogenated alkanes) is 1. The Bertz CT molecular complexity index is 734. The van der Waals surface area contributed by atoms with E-state index < -0.39 is 12.1 Å². The lowest BCUT2D eigenvalue weighted by Gasteiger charge is -2.29. The summed E-state index contributed by atoms with van der Waals surface area (Å²) in [6.07, 6.45) is 5.44. The van der Waals surface area contributed by atoms with Gasteiger partial charge in [0, 0.05) is 17.7 Å². The fourth-order valence-corrected chi connectivity index (χ4v) is 4.89. The topological polar surface area (TPSA) is 100.0 Å². The molecule has 1 amide bonds. The number of carbonyl (C=O) groups is 2. The van der Waals surface area contributed by atoms with Crippen LogP contribution in [0.5, 0.6) is 0 Å². The summed E-state index contributed by atoms with van der Waals surface area (Å²) in [5.41, 5.74) is -0.195. The number of thioether (sulfide) groups is 1. The Morgan fingerprint density at radius 1 is 1.52 bits per heavy atom. The van der Waals surface area contributed by atoms with Gasteiger partial charge in [-0.1, -0.05) is 57.5 Å². The molecule has 2 rings (SSSR count). The van der Waals surface area contributed by atoms with Gasteiger partial charge >= 0.3 is 12.1 Å². The maximum Gasteiger partial charge on any atom is 0.410 e. The van der Waals surface area contributed by atoms with Crippen molar-refractivity contribution in [2.24, 2.45) is 5.41 Å². The first-order chi connectivity index (χ1) is 13.7. The van der Waals surface area contributed by atoms with Gasteiger partial charge in [0.2, 0.25) is 0 Å². The smallest absolute Gasteiger partial charge is 0.410 e. The molecule has 1 aromatic rings. The molecule has 0 aliphatic carbocycles. The summed E-state index contributed by atoms with van der Waals surface area (Å²) in [6, 6.07) is -0.245. The van der Waals surface area contributed by atoms with Crippen molar-refractivity contribution in [1.82, 2.24) is 9.88 Å². The van der Waals surface area contributed by atoms with Crippen LogP contribution in [0.1, 0.15) is 57.4 Å². The zero-order valence-electron chi connectivity index (χ0n) is 17.3. The van der Waals surface area contributed by atoms with E-state index >= 15 is 0 Å². The van der Waals surface area contributed by atoms with E-state index in [4.69, 9.17) is 9.84 Å². The predicted molar refractivity (Wildman–Crippen MR) is 115 cm³/mol. The standard InChI is InChI=1S/C20H30N2O5S2/c1-5-6-9-20(3,4)16(23)8-7-15-13(2)27-19(26)22(15)10-11-28-18-21-14(12-29-18)17(24)25/h7-8,12-13,15-16,23H,5-6,9-11H2,1-4H3,(H,24,25)/t13-,15-,16?/m0/s1. The SMILES string of the molecule is CCCCC(C)(C)C(O)C=C[C@H]1[C@H](C)OC(=O)N1CCSc1nc(C(=O)O)cs1. The van der Waals surface area contributed by atoms with Crippen LogP contribution >= 0.6 is 23.1 Å². The number of carboxylic acid groups (broad SMARTS) is 1. The summed E-state index contributed by atoms with van der Waals surface area (Å²) in [5, 5.41) is 21.0. The average molecular weight is 443 g/mol. The molecule has 0 spiro atoms. The van der Waals surface area contributed by atoms with Gasteiger partial charge in [-0.05, 0) is 18.8 Å². The van der Waals surface area contributed by atoms with E-state index in [-0.39, 0.29) is 29.3 Å². The molecule has 1 fully saturated rings. The Hall–Kier alpha value is -1.58. The minimum absolute atomic E-state index is 0.0344. The van der Waals surface area contributed by atoms with Crippen molar-refractivity contribution >= 4 is 35.2 Å². The third-order valence-corrected chi connectivity index (χ3v) is 7.09. The summed E-state index contributed by atoms with van der Waals surface area (Å²) in [7, 11) is 0. The summed E-state index contributed by atoms with van der Waals surface area (Å²) < 4.78 is 6.02. The molecule has 0 aromatic carbocycles. The molecule has 1 aromatic heterocycles. The van der Waals surface area contributed by atoms with Crippen LogP contribution in [0.25, 0.3) is 0 Å². The zero-order valence-corrected chi connectivity index (χ0v) is 19.0. The van der Waals surface area contributed by atoms with Crippen molar-refractivity contribution in [3.8, 4) is 0 Å². The molecular weight excluding hydrogens is 412 g/mol. The van der Waals surface area contributed by atoms with Gasteiger partial charge in [-0.3, -0.25) is 4.90 Å². The highest BCUT2D eigenvalue weighted by Gasteiger charge is 2.37. The first-order valence-electron chi connectivity index (χ1n) is 9.81. The third-order valence-electron chi connectivity index (χ3n) is 5.09. The van der Waals surface area contributed by atoms with Gasteiger partial charge < -0.3 is 14.9 Å². The number of rotatable bonds is 11. The number of hydrogen-bond acceptors (Lipinski definition) is 7. The van der Waals surface area contributed by atoms with Crippen LogP contribution in [-0.2, 0) is 4.74 Å². The summed E-state index contributed by atoms with van der Waals surface area (Å²) in [6.45, 7) is 8.51. The maximum absolute atomic E-state index is 12.2. The summed E-state index contributed by atoms with van der Waals surface area (Å²) >= 11 is 2.68. The number of aromatic nitrogens is 1. The van der Waals surface area contributed by atoms with Gasteiger partial charge in [0.1, 0.15) is 6.10 Å². The summed E-state index contributed by atoms with van der Waals surface area (Å²) in [4.78, 5) is 28.8. The lowest BCUT2D eigenvalue weighted by molar-refractivity contribution is 0.0690. The number of amides is 1. The van der Waals surface area contributed by atoms with Crippen LogP contribution in [0.15, 0.2) is 21.9 Å². The highest BCUT2D eigenvalue weighted by Crippen LogP contribution is 2.30. The van der Waals surface area contributed by atoms with E-state index in [0.717, 1.165) is 19.3 Å². The van der Waals surface area contributed by atoms with Crippen molar-refractivity contribution in [2.45, 2.75) is 69.5 Å². The molecule has 1 aliphatic heterocycles. The fourth-order valence-electron chi connectivity index (χ4n) is 3.09. The Morgan fingerprint density at radius 3 is 2.86 bits per heavy atom. The Balaban J connectivity index is 1.95. The second kappa shape index (κ2) is 10.4. The number of aromatic carboxylic acids is 1. The minimum atomic E-state index is -1.05. The Kier molecular flexibility index (Phi) is 8.54. The van der Waals surface area contributed by atoms with Crippen LogP contribution in [0.3, 0.4) is 0 Å². The molecule has 2 heterocycles. The van der Waals surface area contributed by atoms with Gasteiger partial charge in [0.15, 0.2) is 10.0 Å². The molecule has 1 saturated heterocycles. The number of carboxylic acids is 1. The first-order valence-corrected chi connectivity index (χ1v) is 11.7. The van der Waals surface area contributed by atoms with Crippen molar-refractivity contribution in [3.05, 3.63) is 23.2 Å². The average Bonchev–Trinajstić information content (AvgIpc) is 3.23. The molecule has 9 heteroatoms. The number of nitrogens with zero attached hydrogens (tertiary/aromatic N) is 2. The van der Waals surface area contributed by atoms with Gasteiger partial charge in [-0.15, -0.1) is 11.3 Å². The molecule has 0 bridgehead atoms. The van der Waals surface area contributed by atoms with Crippen LogP contribution < -0.4 is 0 Å². The zero-order chi connectivity index (χ0) is 21.6. The fraction of sp³-hybridized carbons (Fsp3) is 0.650. The predicted octanol–water partition coefficient (Wildman–Crippen LogP) is 4.28. The second-order valence-corrected chi connectivity index (χ2v) is 10.0. The molecule has 3 atom stereocenters. The molecule has 1 aliphatic rings. The Morgan fingerprint density at radius 2 is 2.24 bits per heavy atom. The van der Waals surface area contributed by atoms with Crippen molar-refractivity contribution in [1.29, 1.82) is 0 Å². The van der Waals surface area contributed by atoms with E-state index in [1.54, 1.807) is 11.0 Å². The number of aliphatic hydroxyl groups excluding tert-OH is 1. The molecule has 0 saturated carbocycles.